The summed E-state index contributed by atoms with van der Waals surface area (Å²) >= 11 is 0. The highest BCUT2D eigenvalue weighted by molar-refractivity contribution is 5.71. The van der Waals surface area contributed by atoms with Crippen LogP contribution in [0.15, 0.2) is 22.7 Å². The minimum absolute atomic E-state index is 0.306. The zero-order valence-corrected chi connectivity index (χ0v) is 10.3. The van der Waals surface area contributed by atoms with Crippen molar-refractivity contribution in [3.05, 3.63) is 29.3 Å². The Hall–Kier alpha value is -1.97. The average molecular weight is 232 g/mol. The lowest BCUT2D eigenvalue weighted by molar-refractivity contribution is 0.338. The van der Waals surface area contributed by atoms with Crippen LogP contribution in [0, 0.1) is 13.8 Å². The summed E-state index contributed by atoms with van der Waals surface area (Å²) in [5.41, 5.74) is 9.46. The summed E-state index contributed by atoms with van der Waals surface area (Å²) in [4.78, 5) is 0. The van der Waals surface area contributed by atoms with Crippen LogP contribution in [0.25, 0.3) is 11.3 Å². The Morgan fingerprint density at radius 1 is 1.35 bits per heavy atom. The molecule has 0 atom stereocenters. The lowest BCUT2D eigenvalue weighted by Crippen LogP contribution is -1.98. The molecule has 0 radical (unpaired) electrons. The van der Waals surface area contributed by atoms with Crippen LogP contribution in [0.3, 0.4) is 0 Å². The van der Waals surface area contributed by atoms with E-state index in [1.54, 1.807) is 6.07 Å². The van der Waals surface area contributed by atoms with Gasteiger partial charge in [-0.3, -0.25) is 0 Å². The van der Waals surface area contributed by atoms with Crippen molar-refractivity contribution >= 4 is 5.88 Å². The van der Waals surface area contributed by atoms with Crippen molar-refractivity contribution in [2.45, 2.75) is 20.8 Å². The molecule has 1 aromatic heterocycles. The van der Waals surface area contributed by atoms with Crippen LogP contribution in [0.5, 0.6) is 5.75 Å². The fourth-order valence-electron chi connectivity index (χ4n) is 1.74. The van der Waals surface area contributed by atoms with E-state index in [4.69, 9.17) is 15.0 Å². The van der Waals surface area contributed by atoms with Crippen molar-refractivity contribution in [1.82, 2.24) is 5.16 Å². The molecular formula is C13H16N2O2. The number of nitrogens with zero attached hydrogens (tertiary/aromatic N) is 1. The van der Waals surface area contributed by atoms with Crippen LogP contribution in [-0.2, 0) is 0 Å². The van der Waals surface area contributed by atoms with Crippen LogP contribution in [-0.4, -0.2) is 11.8 Å². The Labute approximate surface area is 100 Å². The summed E-state index contributed by atoms with van der Waals surface area (Å²) < 4.78 is 10.6. The third-order valence-electron chi connectivity index (χ3n) is 2.77. The molecule has 0 bridgehead atoms. The van der Waals surface area contributed by atoms with Crippen LogP contribution < -0.4 is 10.5 Å². The van der Waals surface area contributed by atoms with Gasteiger partial charge in [-0.1, -0.05) is 11.2 Å². The van der Waals surface area contributed by atoms with Crippen molar-refractivity contribution in [2.75, 3.05) is 12.3 Å². The van der Waals surface area contributed by atoms with E-state index in [1.807, 2.05) is 26.0 Å². The van der Waals surface area contributed by atoms with Crippen LogP contribution in [0.4, 0.5) is 5.88 Å². The molecular weight excluding hydrogens is 216 g/mol. The summed E-state index contributed by atoms with van der Waals surface area (Å²) in [6, 6.07) is 5.72. The third-order valence-corrected chi connectivity index (χ3v) is 2.77. The van der Waals surface area contributed by atoms with Gasteiger partial charge in [-0.05, 0) is 38.0 Å². The molecule has 4 heteroatoms. The van der Waals surface area contributed by atoms with Gasteiger partial charge in [0.25, 0.3) is 0 Å². The predicted molar refractivity (Wildman–Crippen MR) is 67.0 cm³/mol. The minimum Gasteiger partial charge on any atom is -0.493 e. The fraction of sp³-hybridized carbons (Fsp3) is 0.308. The first kappa shape index (κ1) is 11.5. The average Bonchev–Trinajstić information content (AvgIpc) is 2.72. The molecule has 0 spiro atoms. The maximum Gasteiger partial charge on any atom is 0.222 e. The fourth-order valence-corrected chi connectivity index (χ4v) is 1.74. The number of nitrogens with two attached hydrogens (primary N) is 1. The van der Waals surface area contributed by atoms with Crippen LogP contribution in [0.2, 0.25) is 0 Å². The second-order valence-corrected chi connectivity index (χ2v) is 3.93. The number of hydrogen-bond donors (Lipinski definition) is 1. The standard InChI is InChI=1S/C13H16N2O2/c1-4-16-13-9(3)8(2)5-6-10(13)11-7-12(14)17-15-11/h5-7H,4,14H2,1-3H3. The van der Waals surface area contributed by atoms with E-state index >= 15 is 0 Å². The molecule has 1 aromatic carbocycles. The summed E-state index contributed by atoms with van der Waals surface area (Å²) in [5, 5.41) is 3.92. The topological polar surface area (TPSA) is 61.3 Å². The molecule has 17 heavy (non-hydrogen) atoms. The zero-order valence-electron chi connectivity index (χ0n) is 10.3. The summed E-state index contributed by atoms with van der Waals surface area (Å²) in [6.07, 6.45) is 0. The molecule has 0 aliphatic rings. The lowest BCUT2D eigenvalue weighted by atomic mass is 10.0. The first-order valence-corrected chi connectivity index (χ1v) is 5.59. The van der Waals surface area contributed by atoms with Gasteiger partial charge < -0.3 is 15.0 Å². The summed E-state index contributed by atoms with van der Waals surface area (Å²) in [6.45, 7) is 6.67. The van der Waals surface area contributed by atoms with Crippen LogP contribution in [0.1, 0.15) is 18.1 Å². The Kier molecular flexibility index (Phi) is 3.04. The summed E-state index contributed by atoms with van der Waals surface area (Å²) in [7, 11) is 0. The predicted octanol–water partition coefficient (Wildman–Crippen LogP) is 2.94. The number of aromatic nitrogens is 1. The Morgan fingerprint density at radius 3 is 2.71 bits per heavy atom. The van der Waals surface area contributed by atoms with Gasteiger partial charge in [0.2, 0.25) is 5.88 Å². The van der Waals surface area contributed by atoms with Crippen molar-refractivity contribution < 1.29 is 9.26 Å². The molecule has 0 fully saturated rings. The van der Waals surface area contributed by atoms with Gasteiger partial charge >= 0.3 is 0 Å². The highest BCUT2D eigenvalue weighted by Gasteiger charge is 2.14. The van der Waals surface area contributed by atoms with Crippen molar-refractivity contribution in [3.8, 4) is 17.0 Å². The maximum atomic E-state index is 5.69. The van der Waals surface area contributed by atoms with Gasteiger partial charge in [-0.2, -0.15) is 0 Å². The number of hydrogen-bond acceptors (Lipinski definition) is 4. The monoisotopic (exact) mass is 232 g/mol. The SMILES string of the molecule is CCOc1c(-c2cc(N)on2)ccc(C)c1C. The molecule has 0 saturated heterocycles. The number of aryl methyl sites for hydroxylation is 1. The number of nitrogen functional groups attached to an aromatic ring is 1. The van der Waals surface area contributed by atoms with E-state index in [9.17, 15) is 0 Å². The van der Waals surface area contributed by atoms with E-state index in [0.717, 1.165) is 16.9 Å². The molecule has 2 aromatic rings. The number of benzene rings is 1. The van der Waals surface area contributed by atoms with Gasteiger partial charge in [0.15, 0.2) is 0 Å². The quantitative estimate of drug-likeness (QED) is 0.883. The Balaban J connectivity index is 2.57. The van der Waals surface area contributed by atoms with Crippen molar-refractivity contribution in [3.63, 3.8) is 0 Å². The molecule has 0 aliphatic heterocycles. The van der Waals surface area contributed by atoms with E-state index in [0.29, 0.717) is 18.2 Å². The highest BCUT2D eigenvalue weighted by atomic mass is 16.5. The van der Waals surface area contributed by atoms with Gasteiger partial charge in [0.05, 0.1) is 6.61 Å². The molecule has 0 unspecified atom stereocenters. The van der Waals surface area contributed by atoms with E-state index in [2.05, 4.69) is 12.1 Å². The van der Waals surface area contributed by atoms with Gasteiger partial charge in [0, 0.05) is 11.6 Å². The smallest absolute Gasteiger partial charge is 0.222 e. The second-order valence-electron chi connectivity index (χ2n) is 3.93. The number of ether oxygens (including phenoxy) is 1. The molecule has 4 nitrogen and oxygen atoms in total. The zero-order chi connectivity index (χ0) is 12.4. The molecule has 1 heterocycles. The first-order chi connectivity index (χ1) is 8.13. The van der Waals surface area contributed by atoms with E-state index < -0.39 is 0 Å². The Morgan fingerprint density at radius 2 is 2.12 bits per heavy atom. The molecule has 90 valence electrons. The third kappa shape index (κ3) is 2.11. The van der Waals surface area contributed by atoms with E-state index in [-0.39, 0.29) is 0 Å². The highest BCUT2D eigenvalue weighted by Crippen LogP contribution is 2.34. The molecule has 0 amide bonds. The molecule has 0 saturated carbocycles. The van der Waals surface area contributed by atoms with Gasteiger partial charge in [-0.15, -0.1) is 0 Å². The Bertz CT molecular complexity index is 532. The number of anilines is 1. The summed E-state index contributed by atoms with van der Waals surface area (Å²) in [5.74, 6) is 1.15. The second kappa shape index (κ2) is 4.49. The minimum atomic E-state index is 0.306. The molecule has 0 aliphatic carbocycles. The van der Waals surface area contributed by atoms with Gasteiger partial charge in [0.1, 0.15) is 11.4 Å². The number of rotatable bonds is 3. The van der Waals surface area contributed by atoms with Gasteiger partial charge in [-0.25, -0.2) is 0 Å². The molecule has 2 rings (SSSR count). The van der Waals surface area contributed by atoms with Crippen molar-refractivity contribution in [1.29, 1.82) is 0 Å². The normalized spacial score (nSPS) is 10.5. The lowest BCUT2D eigenvalue weighted by Gasteiger charge is -2.13. The largest absolute Gasteiger partial charge is 0.493 e. The molecule has 2 N–H and O–H groups in total. The van der Waals surface area contributed by atoms with E-state index in [1.165, 1.54) is 5.56 Å². The maximum absolute atomic E-state index is 5.69. The van der Waals surface area contributed by atoms with Crippen molar-refractivity contribution in [2.24, 2.45) is 0 Å². The first-order valence-electron chi connectivity index (χ1n) is 5.59. The van der Waals surface area contributed by atoms with Crippen LogP contribution >= 0.6 is 0 Å².